The number of benzene rings is 2. The minimum Gasteiger partial charge on any atom is -0.240 e. The molecule has 130 valence electrons. The van der Waals surface area contributed by atoms with Gasteiger partial charge in [0.05, 0.1) is 5.69 Å². The average molecular weight is 388 g/mol. The Bertz CT molecular complexity index is 860. The van der Waals surface area contributed by atoms with Crippen LogP contribution < -0.4 is 0 Å². The summed E-state index contributed by atoms with van der Waals surface area (Å²) in [6.45, 7) is 8.94. The number of nitrogens with zero attached hydrogens (tertiary/aromatic N) is 1. The van der Waals surface area contributed by atoms with Gasteiger partial charge in [0.2, 0.25) is 0 Å². The summed E-state index contributed by atoms with van der Waals surface area (Å²) in [5.74, 6) is 0.887. The van der Waals surface area contributed by atoms with Crippen molar-refractivity contribution in [1.29, 1.82) is 0 Å². The molecule has 0 atom stereocenters. The molecule has 0 bridgehead atoms. The van der Waals surface area contributed by atoms with E-state index in [1.54, 1.807) is 11.3 Å². The number of aromatic nitrogens is 1. The van der Waals surface area contributed by atoms with E-state index in [1.165, 1.54) is 16.0 Å². The Morgan fingerprint density at radius 2 is 1.80 bits per heavy atom. The minimum atomic E-state index is 0.172. The molecule has 0 saturated heterocycles. The fourth-order valence-corrected chi connectivity index (χ4v) is 4.49. The molecule has 0 N–H and O–H groups in total. The van der Waals surface area contributed by atoms with E-state index >= 15 is 0 Å². The molecule has 0 amide bonds. The van der Waals surface area contributed by atoms with Gasteiger partial charge in [0.1, 0.15) is 5.01 Å². The van der Waals surface area contributed by atoms with Crippen LogP contribution in [0.3, 0.4) is 0 Å². The van der Waals surface area contributed by atoms with Gasteiger partial charge in [0.25, 0.3) is 0 Å². The Morgan fingerprint density at radius 3 is 2.48 bits per heavy atom. The summed E-state index contributed by atoms with van der Waals surface area (Å²) >= 11 is 9.51. The van der Waals surface area contributed by atoms with Crippen molar-refractivity contribution in [2.75, 3.05) is 0 Å². The third-order valence-electron chi connectivity index (χ3n) is 4.07. The van der Waals surface area contributed by atoms with Crippen LogP contribution in [0.15, 0.2) is 52.7 Å². The molecule has 0 fully saturated rings. The Hall–Kier alpha value is -1.29. The Balaban J connectivity index is 1.73. The van der Waals surface area contributed by atoms with Gasteiger partial charge in [0.15, 0.2) is 0 Å². The normalized spacial score (nSPS) is 11.7. The summed E-state index contributed by atoms with van der Waals surface area (Å²) in [5, 5.41) is 3.96. The molecule has 2 aromatic carbocycles. The molecule has 3 aromatic rings. The molecular weight excluding hydrogens is 366 g/mol. The van der Waals surface area contributed by atoms with Crippen LogP contribution in [0.1, 0.15) is 37.6 Å². The van der Waals surface area contributed by atoms with Gasteiger partial charge in [0, 0.05) is 26.6 Å². The average Bonchev–Trinajstić information content (AvgIpc) is 3.02. The highest BCUT2D eigenvalue weighted by atomic mass is 35.5. The first kappa shape index (κ1) is 18.5. The number of hydrogen-bond acceptors (Lipinski definition) is 3. The van der Waals surface area contributed by atoms with Crippen LogP contribution in [0.25, 0.3) is 10.6 Å². The van der Waals surface area contributed by atoms with Crippen molar-refractivity contribution in [2.45, 2.75) is 43.8 Å². The summed E-state index contributed by atoms with van der Waals surface area (Å²) < 4.78 is 0. The molecule has 0 saturated carbocycles. The van der Waals surface area contributed by atoms with Crippen LogP contribution in [0.5, 0.6) is 0 Å². The van der Waals surface area contributed by atoms with Gasteiger partial charge in [-0.2, -0.15) is 0 Å². The van der Waals surface area contributed by atoms with Crippen molar-refractivity contribution >= 4 is 34.7 Å². The zero-order valence-electron chi connectivity index (χ0n) is 15.0. The van der Waals surface area contributed by atoms with E-state index in [4.69, 9.17) is 16.6 Å². The van der Waals surface area contributed by atoms with Crippen molar-refractivity contribution in [2.24, 2.45) is 0 Å². The molecule has 0 spiro atoms. The van der Waals surface area contributed by atoms with Crippen LogP contribution in [-0.4, -0.2) is 4.98 Å². The quantitative estimate of drug-likeness (QED) is 0.433. The molecule has 0 radical (unpaired) electrons. The molecule has 3 rings (SSSR count). The van der Waals surface area contributed by atoms with E-state index in [9.17, 15) is 0 Å². The number of thiazole rings is 1. The fourth-order valence-electron chi connectivity index (χ4n) is 2.47. The van der Waals surface area contributed by atoms with Crippen molar-refractivity contribution in [3.8, 4) is 10.6 Å². The van der Waals surface area contributed by atoms with E-state index in [-0.39, 0.29) is 5.41 Å². The molecule has 0 aliphatic carbocycles. The summed E-state index contributed by atoms with van der Waals surface area (Å²) in [6, 6.07) is 14.7. The molecule has 1 nitrogen and oxygen atoms in total. The van der Waals surface area contributed by atoms with E-state index < -0.39 is 0 Å². The van der Waals surface area contributed by atoms with Crippen molar-refractivity contribution in [1.82, 2.24) is 4.98 Å². The number of halogens is 1. The molecule has 25 heavy (non-hydrogen) atoms. The van der Waals surface area contributed by atoms with E-state index in [1.807, 2.05) is 36.0 Å². The van der Waals surface area contributed by atoms with Crippen molar-refractivity contribution in [3.05, 3.63) is 69.7 Å². The van der Waals surface area contributed by atoms with E-state index in [0.29, 0.717) is 0 Å². The summed E-state index contributed by atoms with van der Waals surface area (Å²) in [4.78, 5) is 6.12. The van der Waals surface area contributed by atoms with Gasteiger partial charge in [-0.3, -0.25) is 0 Å². The van der Waals surface area contributed by atoms with Crippen molar-refractivity contribution < 1.29 is 0 Å². The van der Waals surface area contributed by atoms with Crippen LogP contribution in [0.2, 0.25) is 5.02 Å². The topological polar surface area (TPSA) is 12.9 Å². The fraction of sp³-hybridized carbons (Fsp3) is 0.286. The maximum absolute atomic E-state index is 5.96. The zero-order valence-corrected chi connectivity index (χ0v) is 17.4. The van der Waals surface area contributed by atoms with E-state index in [2.05, 4.69) is 51.3 Å². The van der Waals surface area contributed by atoms with Crippen LogP contribution in [0.4, 0.5) is 0 Å². The number of thioether (sulfide) groups is 1. The monoisotopic (exact) mass is 387 g/mol. The second-order valence-corrected chi connectivity index (χ2v) is 9.48. The van der Waals surface area contributed by atoms with Gasteiger partial charge in [-0.05, 0) is 41.7 Å². The Kier molecular flexibility index (Phi) is 5.57. The predicted octanol–water partition coefficient (Wildman–Crippen LogP) is 7.36. The van der Waals surface area contributed by atoms with Crippen LogP contribution >= 0.6 is 34.7 Å². The van der Waals surface area contributed by atoms with Gasteiger partial charge in [-0.25, -0.2) is 4.98 Å². The molecular formula is C21H22ClNS2. The first-order valence-electron chi connectivity index (χ1n) is 8.27. The Labute approximate surface area is 163 Å². The highest BCUT2D eigenvalue weighted by Crippen LogP contribution is 2.33. The molecule has 1 heterocycles. The van der Waals surface area contributed by atoms with Gasteiger partial charge >= 0.3 is 0 Å². The standard InChI is InChI=1S/C21H22ClNS2/c1-14-5-8-16(21(2,3)4)11-19(14)24-12-18-13-25-20(23-18)15-6-9-17(22)10-7-15/h5-11,13H,12H2,1-4H3. The lowest BCUT2D eigenvalue weighted by molar-refractivity contribution is 0.588. The van der Waals surface area contributed by atoms with Crippen molar-refractivity contribution in [3.63, 3.8) is 0 Å². The summed E-state index contributed by atoms with van der Waals surface area (Å²) in [5.41, 5.74) is 5.12. The van der Waals surface area contributed by atoms with Gasteiger partial charge < -0.3 is 0 Å². The lowest BCUT2D eigenvalue weighted by Gasteiger charge is -2.20. The predicted molar refractivity (Wildman–Crippen MR) is 112 cm³/mol. The number of rotatable bonds is 4. The van der Waals surface area contributed by atoms with E-state index in [0.717, 1.165) is 27.0 Å². The van der Waals surface area contributed by atoms with Gasteiger partial charge in [-0.15, -0.1) is 23.1 Å². The van der Waals surface area contributed by atoms with Crippen LogP contribution in [0, 0.1) is 6.92 Å². The second-order valence-electron chi connectivity index (χ2n) is 7.17. The summed E-state index contributed by atoms with van der Waals surface area (Å²) in [6.07, 6.45) is 0. The Morgan fingerprint density at radius 1 is 1.08 bits per heavy atom. The SMILES string of the molecule is Cc1ccc(C(C)(C)C)cc1SCc1csc(-c2ccc(Cl)cc2)n1. The maximum Gasteiger partial charge on any atom is 0.123 e. The lowest BCUT2D eigenvalue weighted by atomic mass is 9.87. The minimum absolute atomic E-state index is 0.172. The molecule has 1 aromatic heterocycles. The first-order valence-corrected chi connectivity index (χ1v) is 10.5. The third-order valence-corrected chi connectivity index (χ3v) is 6.46. The number of hydrogen-bond donors (Lipinski definition) is 0. The maximum atomic E-state index is 5.96. The largest absolute Gasteiger partial charge is 0.240 e. The van der Waals surface area contributed by atoms with Crippen LogP contribution in [-0.2, 0) is 11.2 Å². The third kappa shape index (κ3) is 4.66. The smallest absolute Gasteiger partial charge is 0.123 e. The molecule has 4 heteroatoms. The second kappa shape index (κ2) is 7.53. The molecule has 0 aliphatic heterocycles. The summed E-state index contributed by atoms with van der Waals surface area (Å²) in [7, 11) is 0. The molecule has 0 unspecified atom stereocenters. The highest BCUT2D eigenvalue weighted by Gasteiger charge is 2.15. The highest BCUT2D eigenvalue weighted by molar-refractivity contribution is 7.98. The molecule has 0 aliphatic rings. The van der Waals surface area contributed by atoms with Gasteiger partial charge in [-0.1, -0.05) is 56.6 Å². The zero-order chi connectivity index (χ0) is 18.0. The number of aryl methyl sites for hydroxylation is 1. The lowest BCUT2D eigenvalue weighted by Crippen LogP contribution is -2.11. The first-order chi connectivity index (χ1) is 11.8.